The lowest BCUT2D eigenvalue weighted by Crippen LogP contribution is -2.18. The smallest absolute Gasteiger partial charge is 0.265 e. The molecule has 5 rings (SSSR count). The number of aromatic nitrogens is 4. The average Bonchev–Trinajstić information content (AvgIpc) is 3.35. The van der Waals surface area contributed by atoms with Crippen molar-refractivity contribution in [1.29, 1.82) is 0 Å². The van der Waals surface area contributed by atoms with E-state index in [1.54, 1.807) is 30.2 Å². The summed E-state index contributed by atoms with van der Waals surface area (Å²) in [6, 6.07) is 7.05. The molecule has 10 nitrogen and oxygen atoms in total. The predicted molar refractivity (Wildman–Crippen MR) is 143 cm³/mol. The molecule has 0 aliphatic heterocycles. The molecule has 3 aromatic carbocycles. The summed E-state index contributed by atoms with van der Waals surface area (Å²) in [6.07, 6.45) is 4.43. The highest BCUT2D eigenvalue weighted by Gasteiger charge is 2.25. The molecule has 40 heavy (non-hydrogen) atoms. The van der Waals surface area contributed by atoms with Crippen LogP contribution in [0.5, 0.6) is 0 Å². The minimum Gasteiger partial charge on any atom is -0.383 e. The Bertz CT molecular complexity index is 1930. The monoisotopic (exact) mass is 587 g/mol. The number of benzene rings is 3. The largest absolute Gasteiger partial charge is 0.383 e. The summed E-state index contributed by atoms with van der Waals surface area (Å²) in [4.78, 5) is 20.5. The van der Waals surface area contributed by atoms with Gasteiger partial charge >= 0.3 is 0 Å². The molecular formula is C25H17ClF3N7O3S. The van der Waals surface area contributed by atoms with Crippen molar-refractivity contribution in [3.63, 3.8) is 0 Å². The Balaban J connectivity index is 1.54. The van der Waals surface area contributed by atoms with E-state index in [0.29, 0.717) is 28.6 Å². The summed E-state index contributed by atoms with van der Waals surface area (Å²) in [7, 11) is -3.05. The first-order valence-electron chi connectivity index (χ1n) is 11.2. The summed E-state index contributed by atoms with van der Waals surface area (Å²) in [5, 5.41) is 6.53. The lowest BCUT2D eigenvalue weighted by Gasteiger charge is -2.15. The number of amides is 1. The molecule has 0 aliphatic rings. The van der Waals surface area contributed by atoms with Crippen LogP contribution < -0.4 is 15.8 Å². The van der Waals surface area contributed by atoms with Crippen LogP contribution in [0.15, 0.2) is 66.1 Å². The fourth-order valence-corrected chi connectivity index (χ4v) is 5.25. The van der Waals surface area contributed by atoms with Gasteiger partial charge in [0.05, 0.1) is 33.7 Å². The van der Waals surface area contributed by atoms with Gasteiger partial charge in [-0.1, -0.05) is 11.6 Å². The number of nitrogens with zero attached hydrogens (tertiary/aromatic N) is 4. The molecule has 0 aliphatic carbocycles. The summed E-state index contributed by atoms with van der Waals surface area (Å²) in [5.41, 5.74) is 6.10. The molecule has 0 radical (unpaired) electrons. The molecule has 1 amide bonds. The first-order chi connectivity index (χ1) is 18.9. The number of aryl methyl sites for hydroxylation is 1. The van der Waals surface area contributed by atoms with E-state index in [1.165, 1.54) is 6.07 Å². The van der Waals surface area contributed by atoms with Crippen LogP contribution in [0.25, 0.3) is 22.0 Å². The number of anilines is 3. The van der Waals surface area contributed by atoms with E-state index in [9.17, 15) is 22.0 Å². The first-order valence-corrected chi connectivity index (χ1v) is 13.1. The zero-order chi connectivity index (χ0) is 28.8. The van der Waals surface area contributed by atoms with E-state index in [-0.39, 0.29) is 21.9 Å². The van der Waals surface area contributed by atoms with Gasteiger partial charge in [0.1, 0.15) is 28.7 Å². The number of nitrogens with one attached hydrogen (secondary N) is 2. The van der Waals surface area contributed by atoms with Gasteiger partial charge in [0.25, 0.3) is 15.9 Å². The fourth-order valence-electron chi connectivity index (χ4n) is 3.91. The molecule has 2 aromatic heterocycles. The molecule has 0 atom stereocenters. The Kier molecular flexibility index (Phi) is 6.81. The van der Waals surface area contributed by atoms with E-state index in [4.69, 9.17) is 17.3 Å². The SMILES string of the molecule is Cn1cc(-c2cc(C(=O)Nc3c(Cl)ccc(NS(=O)(=O)c4cc(F)ccc4F)c3F)c3ncnc(N)c3c2)cn1. The lowest BCUT2D eigenvalue weighted by molar-refractivity contribution is 0.102. The maximum atomic E-state index is 15.5. The molecule has 2 heterocycles. The van der Waals surface area contributed by atoms with Crippen LogP contribution in [0.3, 0.4) is 0 Å². The van der Waals surface area contributed by atoms with Gasteiger partial charge in [-0.3, -0.25) is 14.2 Å². The average molecular weight is 588 g/mol. The molecule has 0 fully saturated rings. The summed E-state index contributed by atoms with van der Waals surface area (Å²) >= 11 is 6.14. The highest BCUT2D eigenvalue weighted by molar-refractivity contribution is 7.92. The molecule has 0 saturated heterocycles. The number of hydrogen-bond donors (Lipinski definition) is 3. The van der Waals surface area contributed by atoms with Crippen molar-refractivity contribution in [2.45, 2.75) is 4.90 Å². The van der Waals surface area contributed by atoms with Crippen molar-refractivity contribution in [2.24, 2.45) is 7.05 Å². The maximum absolute atomic E-state index is 15.5. The number of hydrogen-bond acceptors (Lipinski definition) is 7. The zero-order valence-electron chi connectivity index (χ0n) is 20.3. The van der Waals surface area contributed by atoms with E-state index in [0.717, 1.165) is 24.5 Å². The highest BCUT2D eigenvalue weighted by atomic mass is 35.5. The molecule has 4 N–H and O–H groups in total. The van der Waals surface area contributed by atoms with Gasteiger partial charge in [-0.2, -0.15) is 5.10 Å². The van der Waals surface area contributed by atoms with Gasteiger partial charge in [-0.25, -0.2) is 31.6 Å². The molecule has 5 aromatic rings. The van der Waals surface area contributed by atoms with Crippen LogP contribution in [0, 0.1) is 17.5 Å². The second-order valence-electron chi connectivity index (χ2n) is 8.50. The second-order valence-corrected chi connectivity index (χ2v) is 10.6. The van der Waals surface area contributed by atoms with Crippen molar-refractivity contribution >= 4 is 55.6 Å². The standard InChI is InChI=1S/C25H17ClF3N7O3S/c1-36-10-13(9-33-36)12-6-15-22(31-11-32-24(15)30)16(7-12)25(37)34-23-17(26)3-5-19(21(23)29)35-40(38,39)20-8-14(27)2-4-18(20)28/h2-11,35H,1H3,(H,34,37)(H2,30,31,32). The van der Waals surface area contributed by atoms with E-state index >= 15 is 4.39 Å². The predicted octanol–water partition coefficient (Wildman–Crippen LogP) is 4.74. The minimum atomic E-state index is -4.77. The lowest BCUT2D eigenvalue weighted by atomic mass is 10.0. The molecule has 0 saturated carbocycles. The van der Waals surface area contributed by atoms with E-state index in [1.807, 2.05) is 4.72 Å². The third kappa shape index (κ3) is 5.01. The van der Waals surface area contributed by atoms with E-state index < -0.39 is 49.7 Å². The number of nitrogen functional groups attached to an aromatic ring is 1. The number of rotatable bonds is 6. The van der Waals surface area contributed by atoms with E-state index in [2.05, 4.69) is 20.4 Å². The van der Waals surface area contributed by atoms with Crippen LogP contribution in [-0.2, 0) is 17.1 Å². The van der Waals surface area contributed by atoms with Crippen molar-refractivity contribution < 1.29 is 26.4 Å². The number of sulfonamides is 1. The van der Waals surface area contributed by atoms with Gasteiger partial charge in [0.2, 0.25) is 0 Å². The Morgan fingerprint density at radius 1 is 1.05 bits per heavy atom. The molecule has 0 unspecified atom stereocenters. The molecule has 15 heteroatoms. The Morgan fingerprint density at radius 2 is 1.82 bits per heavy atom. The van der Waals surface area contributed by atoms with Crippen molar-refractivity contribution in [2.75, 3.05) is 15.8 Å². The number of fused-ring (bicyclic) bond motifs is 1. The highest BCUT2D eigenvalue weighted by Crippen LogP contribution is 2.34. The van der Waals surface area contributed by atoms with Crippen LogP contribution in [0.4, 0.5) is 30.4 Å². The van der Waals surface area contributed by atoms with Crippen molar-refractivity contribution in [1.82, 2.24) is 19.7 Å². The second kappa shape index (κ2) is 10.1. The van der Waals surface area contributed by atoms with Gasteiger partial charge in [0, 0.05) is 24.2 Å². The summed E-state index contributed by atoms with van der Waals surface area (Å²) < 4.78 is 72.0. The normalized spacial score (nSPS) is 11.5. The number of carbonyl (C=O) groups excluding carboxylic acids is 1. The topological polar surface area (TPSA) is 145 Å². The third-order valence-electron chi connectivity index (χ3n) is 5.81. The Hall–Kier alpha value is -4.69. The summed E-state index contributed by atoms with van der Waals surface area (Å²) in [6.45, 7) is 0. The number of halogens is 4. The van der Waals surface area contributed by atoms with Gasteiger partial charge in [-0.15, -0.1) is 0 Å². The molecular weight excluding hydrogens is 571 g/mol. The van der Waals surface area contributed by atoms with Gasteiger partial charge in [-0.05, 0) is 48.0 Å². The summed E-state index contributed by atoms with van der Waals surface area (Å²) in [5.74, 6) is -4.31. The molecule has 204 valence electrons. The quantitative estimate of drug-likeness (QED) is 0.260. The van der Waals surface area contributed by atoms with Crippen LogP contribution in [-0.4, -0.2) is 34.1 Å². The number of nitrogens with two attached hydrogens (primary N) is 1. The number of carbonyl (C=O) groups is 1. The van der Waals surface area contributed by atoms with Gasteiger partial charge < -0.3 is 11.1 Å². The van der Waals surface area contributed by atoms with Crippen molar-refractivity contribution in [3.05, 3.63) is 89.2 Å². The molecule has 0 bridgehead atoms. The first kappa shape index (κ1) is 26.9. The van der Waals surface area contributed by atoms with Crippen LogP contribution in [0.2, 0.25) is 5.02 Å². The maximum Gasteiger partial charge on any atom is 0.265 e. The zero-order valence-corrected chi connectivity index (χ0v) is 21.9. The Morgan fingerprint density at radius 3 is 2.55 bits per heavy atom. The Labute approximate surface area is 229 Å². The van der Waals surface area contributed by atoms with Crippen molar-refractivity contribution in [3.8, 4) is 11.1 Å². The minimum absolute atomic E-state index is 0.0197. The van der Waals surface area contributed by atoms with Crippen LogP contribution in [0.1, 0.15) is 10.4 Å². The van der Waals surface area contributed by atoms with Gasteiger partial charge in [0.15, 0.2) is 5.82 Å². The fraction of sp³-hybridized carbons (Fsp3) is 0.0400. The third-order valence-corrected chi connectivity index (χ3v) is 7.50. The van der Waals surface area contributed by atoms with Crippen LogP contribution >= 0.6 is 11.6 Å². The molecule has 0 spiro atoms.